The zero-order valence-corrected chi connectivity index (χ0v) is 14.0. The summed E-state index contributed by atoms with van der Waals surface area (Å²) in [6.07, 6.45) is 1.80. The van der Waals surface area contributed by atoms with Crippen LogP contribution in [0.2, 0.25) is 0 Å². The molecule has 25 heavy (non-hydrogen) atoms. The molecule has 0 spiro atoms. The molecule has 2 aliphatic heterocycles. The van der Waals surface area contributed by atoms with Crippen LogP contribution < -0.4 is 5.32 Å². The number of carbonyl (C=O) groups excluding carboxylic acids is 2. The lowest BCUT2D eigenvalue weighted by atomic mass is 10.1. The summed E-state index contributed by atoms with van der Waals surface area (Å²) in [6, 6.07) is 10.1. The fourth-order valence-electron chi connectivity index (χ4n) is 4.45. The predicted molar refractivity (Wildman–Crippen MR) is 93.3 cm³/mol. The van der Waals surface area contributed by atoms with Gasteiger partial charge in [-0.05, 0) is 23.3 Å². The zero-order chi connectivity index (χ0) is 17.1. The van der Waals surface area contributed by atoms with Crippen LogP contribution in [0.25, 0.3) is 0 Å². The molecular formula is C19H20N4O2. The maximum absolute atomic E-state index is 13.2. The van der Waals surface area contributed by atoms with Crippen LogP contribution in [0.15, 0.2) is 36.5 Å². The molecule has 1 fully saturated rings. The van der Waals surface area contributed by atoms with Gasteiger partial charge in [-0.2, -0.15) is 0 Å². The summed E-state index contributed by atoms with van der Waals surface area (Å²) in [5.41, 5.74) is 3.89. The third-order valence-corrected chi connectivity index (χ3v) is 5.77. The predicted octanol–water partition coefficient (Wildman–Crippen LogP) is 1.64. The van der Waals surface area contributed by atoms with Gasteiger partial charge in [0.15, 0.2) is 0 Å². The molecule has 3 aliphatic rings. The molecule has 1 aromatic carbocycles. The van der Waals surface area contributed by atoms with Crippen molar-refractivity contribution >= 4 is 17.5 Å². The molecule has 3 atom stereocenters. The normalized spacial score (nSPS) is 26.9. The number of nitrogens with zero attached hydrogens (tertiary/aromatic N) is 2. The first kappa shape index (κ1) is 14.6. The number of hydrogen-bond donors (Lipinski definition) is 2. The highest BCUT2D eigenvalue weighted by molar-refractivity contribution is 5.99. The van der Waals surface area contributed by atoms with Crippen molar-refractivity contribution in [2.45, 2.75) is 18.5 Å². The molecule has 0 bridgehead atoms. The molecule has 3 unspecified atom stereocenters. The first-order chi connectivity index (χ1) is 12.2. The number of nitrogens with one attached hydrogen (secondary N) is 2. The molecule has 2 N–H and O–H groups in total. The number of benzene rings is 1. The molecule has 6 nitrogen and oxygen atoms in total. The van der Waals surface area contributed by atoms with Crippen molar-refractivity contribution in [1.29, 1.82) is 0 Å². The molecule has 0 saturated heterocycles. The Hall–Kier alpha value is -2.76. The van der Waals surface area contributed by atoms with Crippen LogP contribution in [-0.4, -0.2) is 52.8 Å². The SMILES string of the molecule is CN1C(=O)c2[nH]ccc2C2C(C(=O)N3CCNc4ccccc4C3)C21. The lowest BCUT2D eigenvalue weighted by Crippen LogP contribution is -2.37. The van der Waals surface area contributed by atoms with Crippen LogP contribution in [0.5, 0.6) is 0 Å². The van der Waals surface area contributed by atoms with E-state index in [4.69, 9.17) is 0 Å². The molecule has 1 saturated carbocycles. The Kier molecular flexibility index (Phi) is 2.98. The Labute approximate surface area is 145 Å². The smallest absolute Gasteiger partial charge is 0.270 e. The molecule has 6 heteroatoms. The molecule has 2 aromatic rings. The largest absolute Gasteiger partial charge is 0.383 e. The zero-order valence-electron chi connectivity index (χ0n) is 14.0. The summed E-state index contributed by atoms with van der Waals surface area (Å²) in [7, 11) is 1.80. The van der Waals surface area contributed by atoms with Crippen LogP contribution in [-0.2, 0) is 11.3 Å². The Morgan fingerprint density at radius 3 is 2.96 bits per heavy atom. The molecule has 3 heterocycles. The maximum atomic E-state index is 13.2. The quantitative estimate of drug-likeness (QED) is 0.832. The third kappa shape index (κ3) is 2.03. The van der Waals surface area contributed by atoms with Crippen LogP contribution >= 0.6 is 0 Å². The van der Waals surface area contributed by atoms with Crippen LogP contribution in [0, 0.1) is 5.92 Å². The topological polar surface area (TPSA) is 68.4 Å². The molecular weight excluding hydrogens is 316 g/mol. The number of likely N-dealkylation sites (N-methyl/N-ethyl adjacent to an activating group) is 1. The Bertz CT molecular complexity index is 874. The van der Waals surface area contributed by atoms with Gasteiger partial charge in [-0.15, -0.1) is 0 Å². The summed E-state index contributed by atoms with van der Waals surface area (Å²) in [5.74, 6) is 0.140. The van der Waals surface area contributed by atoms with Gasteiger partial charge in [0, 0.05) is 44.5 Å². The number of aromatic nitrogens is 1. The van der Waals surface area contributed by atoms with Crippen molar-refractivity contribution in [1.82, 2.24) is 14.8 Å². The summed E-state index contributed by atoms with van der Waals surface area (Å²) >= 11 is 0. The molecule has 2 amide bonds. The highest BCUT2D eigenvalue weighted by Crippen LogP contribution is 2.55. The minimum absolute atomic E-state index is 0.00486. The standard InChI is InChI=1S/C19H20N4O2/c1-22-17-14(12-6-7-21-16(12)19(22)25)15(17)18(24)23-9-8-20-13-5-3-2-4-11(13)10-23/h2-7,14-15,17,20-21H,8-10H2,1H3. The second-order valence-electron chi connectivity index (χ2n) is 7.11. The number of anilines is 1. The van der Waals surface area contributed by atoms with Crippen molar-refractivity contribution in [3.8, 4) is 0 Å². The number of H-pyrrole nitrogens is 1. The van der Waals surface area contributed by atoms with E-state index in [2.05, 4.69) is 22.4 Å². The van der Waals surface area contributed by atoms with Gasteiger partial charge in [0.1, 0.15) is 5.69 Å². The van der Waals surface area contributed by atoms with Gasteiger partial charge >= 0.3 is 0 Å². The van der Waals surface area contributed by atoms with E-state index in [-0.39, 0.29) is 29.7 Å². The second kappa shape index (κ2) is 5.12. The maximum Gasteiger partial charge on any atom is 0.270 e. The van der Waals surface area contributed by atoms with E-state index in [1.165, 1.54) is 0 Å². The van der Waals surface area contributed by atoms with Gasteiger partial charge < -0.3 is 20.1 Å². The first-order valence-electron chi connectivity index (χ1n) is 8.72. The van der Waals surface area contributed by atoms with Crippen molar-refractivity contribution < 1.29 is 9.59 Å². The molecule has 1 aromatic heterocycles. The van der Waals surface area contributed by atoms with Crippen molar-refractivity contribution in [2.24, 2.45) is 5.92 Å². The minimum atomic E-state index is -0.128. The minimum Gasteiger partial charge on any atom is -0.383 e. The Balaban J connectivity index is 1.42. The van der Waals surface area contributed by atoms with E-state index in [1.807, 2.05) is 23.1 Å². The Morgan fingerprint density at radius 2 is 2.08 bits per heavy atom. The van der Waals surface area contributed by atoms with Gasteiger partial charge in [0.25, 0.3) is 5.91 Å². The number of aromatic amines is 1. The molecule has 0 radical (unpaired) electrons. The van der Waals surface area contributed by atoms with E-state index >= 15 is 0 Å². The monoisotopic (exact) mass is 336 g/mol. The van der Waals surface area contributed by atoms with Gasteiger partial charge in [0.2, 0.25) is 5.91 Å². The average molecular weight is 336 g/mol. The van der Waals surface area contributed by atoms with E-state index in [0.29, 0.717) is 18.8 Å². The number of fused-ring (bicyclic) bond motifs is 4. The van der Waals surface area contributed by atoms with Crippen molar-refractivity contribution in [3.63, 3.8) is 0 Å². The van der Waals surface area contributed by atoms with Gasteiger partial charge in [-0.25, -0.2) is 0 Å². The second-order valence-corrected chi connectivity index (χ2v) is 7.11. The van der Waals surface area contributed by atoms with E-state index in [9.17, 15) is 9.59 Å². The highest BCUT2D eigenvalue weighted by atomic mass is 16.2. The summed E-state index contributed by atoms with van der Waals surface area (Å²) in [4.78, 5) is 32.4. The van der Waals surface area contributed by atoms with E-state index in [0.717, 1.165) is 23.4 Å². The van der Waals surface area contributed by atoms with Crippen molar-refractivity contribution in [3.05, 3.63) is 53.3 Å². The molecule has 5 rings (SSSR count). The number of rotatable bonds is 1. The Morgan fingerprint density at radius 1 is 1.24 bits per heavy atom. The molecule has 1 aliphatic carbocycles. The van der Waals surface area contributed by atoms with Gasteiger partial charge in [-0.1, -0.05) is 18.2 Å². The summed E-state index contributed by atoms with van der Waals surface area (Å²) < 4.78 is 0. The summed E-state index contributed by atoms with van der Waals surface area (Å²) in [5, 5.41) is 3.40. The number of para-hydroxylation sites is 1. The van der Waals surface area contributed by atoms with Crippen LogP contribution in [0.3, 0.4) is 0 Å². The van der Waals surface area contributed by atoms with E-state index < -0.39 is 0 Å². The van der Waals surface area contributed by atoms with Crippen molar-refractivity contribution in [2.75, 3.05) is 25.5 Å². The highest BCUT2D eigenvalue weighted by Gasteiger charge is 2.63. The number of carbonyl (C=O) groups is 2. The average Bonchev–Trinajstić information content (AvgIpc) is 3.25. The van der Waals surface area contributed by atoms with Crippen LogP contribution in [0.1, 0.15) is 27.5 Å². The lowest BCUT2D eigenvalue weighted by Gasteiger charge is -2.22. The summed E-state index contributed by atoms with van der Waals surface area (Å²) in [6.45, 7) is 2.05. The molecule has 128 valence electrons. The number of hydrogen-bond acceptors (Lipinski definition) is 3. The van der Waals surface area contributed by atoms with Gasteiger partial charge in [-0.3, -0.25) is 9.59 Å². The third-order valence-electron chi connectivity index (χ3n) is 5.77. The van der Waals surface area contributed by atoms with Crippen LogP contribution in [0.4, 0.5) is 5.69 Å². The first-order valence-corrected chi connectivity index (χ1v) is 8.72. The van der Waals surface area contributed by atoms with Gasteiger partial charge in [0.05, 0.1) is 12.0 Å². The fourth-order valence-corrected chi connectivity index (χ4v) is 4.45. The fraction of sp³-hybridized carbons (Fsp3) is 0.368. The lowest BCUT2D eigenvalue weighted by molar-refractivity contribution is -0.133. The number of amides is 2. The van der Waals surface area contributed by atoms with E-state index in [1.54, 1.807) is 18.1 Å².